The van der Waals surface area contributed by atoms with Crippen LogP contribution in [0.15, 0.2) is 24.4 Å². The summed E-state index contributed by atoms with van der Waals surface area (Å²) in [7, 11) is 0. The van der Waals surface area contributed by atoms with E-state index in [1.807, 2.05) is 37.1 Å². The Labute approximate surface area is 165 Å². The molecule has 2 fully saturated rings. The molecule has 150 valence electrons. The van der Waals surface area contributed by atoms with E-state index in [1.54, 1.807) is 0 Å². The number of piperidine rings is 1. The molecular formula is C21H28N4O3. The summed E-state index contributed by atoms with van der Waals surface area (Å²) in [5, 5.41) is 3.98. The lowest BCUT2D eigenvalue weighted by Crippen LogP contribution is -2.49. The van der Waals surface area contributed by atoms with Gasteiger partial charge in [0.1, 0.15) is 0 Å². The number of anilines is 1. The molecule has 28 heavy (non-hydrogen) atoms. The van der Waals surface area contributed by atoms with Gasteiger partial charge in [0.05, 0.1) is 24.8 Å². The third-order valence-corrected chi connectivity index (χ3v) is 5.45. The van der Waals surface area contributed by atoms with Crippen molar-refractivity contribution in [2.24, 2.45) is 0 Å². The van der Waals surface area contributed by atoms with Crippen LogP contribution in [0.2, 0.25) is 0 Å². The number of hydrogen-bond donors (Lipinski definition) is 1. The van der Waals surface area contributed by atoms with Crippen LogP contribution in [-0.2, 0) is 0 Å². The number of benzene rings is 1. The number of hydrogen-bond acceptors (Lipinski definition) is 5. The zero-order valence-corrected chi connectivity index (χ0v) is 16.6. The van der Waals surface area contributed by atoms with Gasteiger partial charge in [-0.3, -0.25) is 4.98 Å². The molecule has 2 aliphatic rings. The summed E-state index contributed by atoms with van der Waals surface area (Å²) in [4.78, 5) is 21.0. The van der Waals surface area contributed by atoms with Gasteiger partial charge >= 0.3 is 6.03 Å². The third-order valence-electron chi connectivity index (χ3n) is 5.45. The van der Waals surface area contributed by atoms with Crippen LogP contribution in [-0.4, -0.2) is 61.3 Å². The number of nitrogens with zero attached hydrogens (tertiary/aromatic N) is 3. The second kappa shape index (κ2) is 8.12. The van der Waals surface area contributed by atoms with Crippen molar-refractivity contribution >= 4 is 22.6 Å². The fraction of sp³-hybridized carbons (Fsp3) is 0.524. The Balaban J connectivity index is 1.67. The molecule has 0 saturated carbocycles. The third kappa shape index (κ3) is 3.53. The van der Waals surface area contributed by atoms with Crippen LogP contribution in [0.4, 0.5) is 10.5 Å². The minimum Gasteiger partial charge on any atom is -0.490 e. The molecule has 2 amide bonds. The first-order valence-electron chi connectivity index (χ1n) is 10.2. The number of ether oxygens (including phenoxy) is 2. The molecule has 4 rings (SSSR count). The highest BCUT2D eigenvalue weighted by Gasteiger charge is 2.31. The largest absolute Gasteiger partial charge is 0.490 e. The summed E-state index contributed by atoms with van der Waals surface area (Å²) in [6.07, 6.45) is 3.96. The topological polar surface area (TPSA) is 66.9 Å². The van der Waals surface area contributed by atoms with Crippen molar-refractivity contribution in [2.45, 2.75) is 32.7 Å². The Morgan fingerprint density at radius 3 is 2.68 bits per heavy atom. The first-order chi connectivity index (χ1) is 13.7. The second-order valence-electron chi connectivity index (χ2n) is 7.18. The molecular weight excluding hydrogens is 356 g/mol. The molecule has 2 saturated heterocycles. The number of fused-ring (bicyclic) bond motifs is 1. The number of nitrogens with one attached hydrogen (secondary N) is 1. The zero-order chi connectivity index (χ0) is 19.5. The van der Waals surface area contributed by atoms with Crippen molar-refractivity contribution in [2.75, 3.05) is 44.3 Å². The molecule has 1 N–H and O–H groups in total. The van der Waals surface area contributed by atoms with Crippen LogP contribution in [0.5, 0.6) is 11.5 Å². The van der Waals surface area contributed by atoms with Crippen molar-refractivity contribution in [3.8, 4) is 11.5 Å². The highest BCUT2D eigenvalue weighted by Crippen LogP contribution is 2.37. The molecule has 0 radical (unpaired) electrons. The Hall–Kier alpha value is -2.70. The van der Waals surface area contributed by atoms with Crippen molar-refractivity contribution in [3.63, 3.8) is 0 Å². The van der Waals surface area contributed by atoms with E-state index in [0.29, 0.717) is 13.2 Å². The van der Waals surface area contributed by atoms with Gasteiger partial charge in [0.15, 0.2) is 11.5 Å². The van der Waals surface area contributed by atoms with Crippen LogP contribution >= 0.6 is 0 Å². The average molecular weight is 384 g/mol. The maximum Gasteiger partial charge on any atom is 0.317 e. The molecule has 0 aliphatic carbocycles. The van der Waals surface area contributed by atoms with E-state index in [4.69, 9.17) is 9.47 Å². The van der Waals surface area contributed by atoms with Crippen LogP contribution in [0.1, 0.15) is 26.7 Å². The monoisotopic (exact) mass is 384 g/mol. The number of carbonyl (C=O) groups excluding carboxylic acids is 1. The van der Waals surface area contributed by atoms with Gasteiger partial charge in [-0.25, -0.2) is 4.79 Å². The molecule has 1 aromatic heterocycles. The quantitative estimate of drug-likeness (QED) is 0.829. The number of carbonyl (C=O) groups is 1. The van der Waals surface area contributed by atoms with Gasteiger partial charge in [0.25, 0.3) is 0 Å². The summed E-state index contributed by atoms with van der Waals surface area (Å²) < 4.78 is 11.6. The Morgan fingerprint density at radius 2 is 1.96 bits per heavy atom. The van der Waals surface area contributed by atoms with E-state index in [1.165, 1.54) is 0 Å². The molecule has 1 unspecified atom stereocenters. The second-order valence-corrected chi connectivity index (χ2v) is 7.18. The molecule has 0 spiro atoms. The van der Waals surface area contributed by atoms with Gasteiger partial charge in [-0.05, 0) is 38.8 Å². The standard InChI is InChI=1S/C21H28N4O3/c1-3-27-19-12-16-17(13-20(19)28-4-2)22-8-7-18(16)24-10-5-6-15(14-24)25-11-9-23-21(25)26/h7-8,12-13,15H,3-6,9-11,14H2,1-2H3,(H,23,26). The predicted octanol–water partition coefficient (Wildman–Crippen LogP) is 3.03. The van der Waals surface area contributed by atoms with E-state index < -0.39 is 0 Å². The van der Waals surface area contributed by atoms with E-state index in [2.05, 4.69) is 21.3 Å². The first kappa shape index (κ1) is 18.7. The maximum absolute atomic E-state index is 12.1. The molecule has 7 nitrogen and oxygen atoms in total. The highest BCUT2D eigenvalue weighted by molar-refractivity contribution is 5.94. The Morgan fingerprint density at radius 1 is 1.18 bits per heavy atom. The van der Waals surface area contributed by atoms with Crippen molar-refractivity contribution in [3.05, 3.63) is 24.4 Å². The number of urea groups is 1. The van der Waals surface area contributed by atoms with Crippen LogP contribution in [0, 0.1) is 0 Å². The Bertz CT molecular complexity index is 857. The normalized spacial score (nSPS) is 19.8. The summed E-state index contributed by atoms with van der Waals surface area (Å²) in [6.45, 7) is 8.44. The lowest BCUT2D eigenvalue weighted by molar-refractivity contribution is 0.189. The summed E-state index contributed by atoms with van der Waals surface area (Å²) >= 11 is 0. The minimum absolute atomic E-state index is 0.0615. The lowest BCUT2D eigenvalue weighted by atomic mass is 10.0. The van der Waals surface area contributed by atoms with E-state index in [9.17, 15) is 4.79 Å². The van der Waals surface area contributed by atoms with Crippen LogP contribution < -0.4 is 19.7 Å². The number of amides is 2. The molecule has 1 aromatic carbocycles. The van der Waals surface area contributed by atoms with E-state index >= 15 is 0 Å². The summed E-state index contributed by atoms with van der Waals surface area (Å²) in [6, 6.07) is 6.37. The first-order valence-corrected chi connectivity index (χ1v) is 10.2. The number of aromatic nitrogens is 1. The highest BCUT2D eigenvalue weighted by atomic mass is 16.5. The van der Waals surface area contributed by atoms with Gasteiger partial charge in [0.2, 0.25) is 0 Å². The molecule has 3 heterocycles. The predicted molar refractivity (Wildman–Crippen MR) is 109 cm³/mol. The van der Waals surface area contributed by atoms with Gasteiger partial charge in [-0.15, -0.1) is 0 Å². The smallest absolute Gasteiger partial charge is 0.317 e. The van der Waals surface area contributed by atoms with Crippen molar-refractivity contribution in [1.82, 2.24) is 15.2 Å². The summed E-state index contributed by atoms with van der Waals surface area (Å²) in [5.41, 5.74) is 2.03. The molecule has 7 heteroatoms. The zero-order valence-electron chi connectivity index (χ0n) is 16.6. The number of rotatable bonds is 6. The van der Waals surface area contributed by atoms with Gasteiger partial charge < -0.3 is 24.6 Å². The van der Waals surface area contributed by atoms with Crippen LogP contribution in [0.25, 0.3) is 10.9 Å². The van der Waals surface area contributed by atoms with Gasteiger partial charge in [-0.1, -0.05) is 0 Å². The fourth-order valence-electron chi connectivity index (χ4n) is 4.21. The molecule has 2 aliphatic heterocycles. The van der Waals surface area contributed by atoms with Crippen molar-refractivity contribution in [1.29, 1.82) is 0 Å². The van der Waals surface area contributed by atoms with Gasteiger partial charge in [-0.2, -0.15) is 0 Å². The maximum atomic E-state index is 12.1. The van der Waals surface area contributed by atoms with Gasteiger partial charge in [0, 0.05) is 49.5 Å². The number of pyridine rings is 1. The summed E-state index contributed by atoms with van der Waals surface area (Å²) in [5.74, 6) is 1.48. The minimum atomic E-state index is 0.0615. The molecule has 0 bridgehead atoms. The Kier molecular flexibility index (Phi) is 5.41. The average Bonchev–Trinajstić information content (AvgIpc) is 3.14. The van der Waals surface area contributed by atoms with Crippen molar-refractivity contribution < 1.29 is 14.3 Å². The molecule has 1 atom stereocenters. The van der Waals surface area contributed by atoms with Crippen LogP contribution in [0.3, 0.4) is 0 Å². The van der Waals surface area contributed by atoms with E-state index in [-0.39, 0.29) is 12.1 Å². The lowest BCUT2D eigenvalue weighted by Gasteiger charge is -2.38. The SMILES string of the molecule is CCOc1cc2nccc(N3CCCC(N4CCNC4=O)C3)c2cc1OCC. The van der Waals surface area contributed by atoms with E-state index in [0.717, 1.165) is 67.1 Å². The molecule has 2 aromatic rings. The fourth-order valence-corrected chi connectivity index (χ4v) is 4.21.